The molecule has 0 heterocycles. The number of hydrogen-bond donors (Lipinski definition) is 1. The molecule has 3 nitrogen and oxygen atoms in total. The van der Waals surface area contributed by atoms with Crippen LogP contribution in [0.1, 0.15) is 44.1 Å². The van der Waals surface area contributed by atoms with Gasteiger partial charge < -0.3 is 9.84 Å². The zero-order valence-corrected chi connectivity index (χ0v) is 13.9. The number of carboxylic acids is 1. The first kappa shape index (κ1) is 18.8. The Morgan fingerprint density at radius 2 is 1.70 bits per heavy atom. The summed E-state index contributed by atoms with van der Waals surface area (Å²) in [5, 5.41) is 9.40. The smallest absolute Gasteiger partial charge is 0.310 e. The molecule has 1 aromatic carbocycles. The van der Waals surface area contributed by atoms with Gasteiger partial charge in [0.1, 0.15) is 5.75 Å². The van der Waals surface area contributed by atoms with Crippen molar-refractivity contribution in [2.75, 3.05) is 7.11 Å². The number of hydrogen-bond acceptors (Lipinski definition) is 2. The summed E-state index contributed by atoms with van der Waals surface area (Å²) < 4.78 is 5.10. The lowest BCUT2D eigenvalue weighted by atomic mass is 9.94. The van der Waals surface area contributed by atoms with E-state index >= 15 is 0 Å². The van der Waals surface area contributed by atoms with Gasteiger partial charge in [0.05, 0.1) is 13.0 Å². The molecule has 0 spiro atoms. The molecule has 0 radical (unpaired) electrons. The van der Waals surface area contributed by atoms with E-state index in [1.165, 1.54) is 0 Å². The van der Waals surface area contributed by atoms with Crippen molar-refractivity contribution in [3.05, 3.63) is 66.3 Å². The van der Waals surface area contributed by atoms with Crippen LogP contribution in [0.25, 0.3) is 0 Å². The number of aliphatic carboxylic acids is 1. The van der Waals surface area contributed by atoms with Gasteiger partial charge in [0.25, 0.3) is 0 Å². The summed E-state index contributed by atoms with van der Waals surface area (Å²) in [5.41, 5.74) is 0.810. The summed E-state index contributed by atoms with van der Waals surface area (Å²) >= 11 is 0. The first-order chi connectivity index (χ1) is 11.2. The van der Waals surface area contributed by atoms with E-state index in [-0.39, 0.29) is 0 Å². The van der Waals surface area contributed by atoms with E-state index in [0.717, 1.165) is 30.6 Å². The second-order valence-electron chi connectivity index (χ2n) is 5.27. The first-order valence-electron chi connectivity index (χ1n) is 8.04. The molecule has 0 saturated heterocycles. The molecule has 1 unspecified atom stereocenters. The van der Waals surface area contributed by atoms with Crippen LogP contribution in [0.15, 0.2) is 60.7 Å². The number of ether oxygens (including phenoxy) is 1. The van der Waals surface area contributed by atoms with Gasteiger partial charge in [-0.25, -0.2) is 0 Å². The van der Waals surface area contributed by atoms with Crippen LogP contribution < -0.4 is 4.74 Å². The molecule has 0 aliphatic rings. The van der Waals surface area contributed by atoms with Crippen molar-refractivity contribution in [3.63, 3.8) is 0 Å². The van der Waals surface area contributed by atoms with Crippen molar-refractivity contribution in [3.8, 4) is 5.75 Å². The first-order valence-corrected chi connectivity index (χ1v) is 8.04. The topological polar surface area (TPSA) is 46.5 Å². The van der Waals surface area contributed by atoms with Gasteiger partial charge in [-0.15, -0.1) is 0 Å². The standard InChI is InChI=1S/C20H26O3/c1-3-4-5-6-7-8-9-10-11-12-19(20(21)22)17-13-15-18(23-2)16-14-17/h5-10,13-16,19H,3-4,11-12H2,1-2H3,(H,21,22). The highest BCUT2D eigenvalue weighted by atomic mass is 16.5. The number of rotatable bonds is 10. The van der Waals surface area contributed by atoms with Gasteiger partial charge in [-0.05, 0) is 37.0 Å². The molecule has 1 atom stereocenters. The fourth-order valence-electron chi connectivity index (χ4n) is 2.18. The van der Waals surface area contributed by atoms with Gasteiger partial charge in [-0.1, -0.05) is 61.9 Å². The fourth-order valence-corrected chi connectivity index (χ4v) is 2.18. The summed E-state index contributed by atoms with van der Waals surface area (Å²) in [4.78, 5) is 11.4. The Hall–Kier alpha value is -2.29. The summed E-state index contributed by atoms with van der Waals surface area (Å²) in [6, 6.07) is 7.23. The van der Waals surface area contributed by atoms with Gasteiger partial charge in [-0.3, -0.25) is 4.79 Å². The maximum atomic E-state index is 11.4. The van der Waals surface area contributed by atoms with Gasteiger partial charge in [-0.2, -0.15) is 0 Å². The zero-order chi connectivity index (χ0) is 16.9. The third-order valence-electron chi connectivity index (χ3n) is 3.50. The number of carbonyl (C=O) groups is 1. The molecule has 1 rings (SSSR count). The lowest BCUT2D eigenvalue weighted by molar-refractivity contribution is -0.138. The van der Waals surface area contributed by atoms with Crippen LogP contribution in [0, 0.1) is 0 Å². The van der Waals surface area contributed by atoms with Crippen LogP contribution in [0.5, 0.6) is 5.75 Å². The van der Waals surface area contributed by atoms with Crippen molar-refractivity contribution >= 4 is 5.97 Å². The predicted octanol–water partition coefficient (Wildman–Crippen LogP) is 5.11. The molecular formula is C20H26O3. The number of benzene rings is 1. The van der Waals surface area contributed by atoms with Crippen LogP contribution in [-0.4, -0.2) is 18.2 Å². The van der Waals surface area contributed by atoms with E-state index in [9.17, 15) is 9.90 Å². The Bertz CT molecular complexity index is 539. The van der Waals surface area contributed by atoms with E-state index < -0.39 is 11.9 Å². The lowest BCUT2D eigenvalue weighted by Crippen LogP contribution is -2.11. The highest BCUT2D eigenvalue weighted by molar-refractivity contribution is 5.76. The fraction of sp³-hybridized carbons (Fsp3) is 0.350. The average Bonchev–Trinajstić information content (AvgIpc) is 2.56. The molecule has 23 heavy (non-hydrogen) atoms. The van der Waals surface area contributed by atoms with Crippen molar-refractivity contribution in [1.29, 1.82) is 0 Å². The Morgan fingerprint density at radius 3 is 2.22 bits per heavy atom. The summed E-state index contributed by atoms with van der Waals surface area (Å²) in [5.74, 6) is -0.542. The molecule has 0 bridgehead atoms. The summed E-state index contributed by atoms with van der Waals surface area (Å²) in [7, 11) is 1.60. The minimum Gasteiger partial charge on any atom is -0.497 e. The molecule has 0 amide bonds. The molecule has 0 saturated carbocycles. The Morgan fingerprint density at radius 1 is 1.09 bits per heavy atom. The normalized spacial score (nSPS) is 13.1. The number of carboxylic acid groups (broad SMARTS) is 1. The molecule has 3 heteroatoms. The van der Waals surface area contributed by atoms with Crippen molar-refractivity contribution in [1.82, 2.24) is 0 Å². The van der Waals surface area contributed by atoms with Crippen LogP contribution >= 0.6 is 0 Å². The van der Waals surface area contributed by atoms with Crippen LogP contribution in [0.4, 0.5) is 0 Å². The highest BCUT2D eigenvalue weighted by Gasteiger charge is 2.18. The Balaban J connectivity index is 2.49. The summed E-state index contributed by atoms with van der Waals surface area (Å²) in [6.45, 7) is 2.15. The molecule has 0 aliphatic carbocycles. The molecule has 0 aromatic heterocycles. The molecule has 1 aromatic rings. The second kappa shape index (κ2) is 11.3. The minimum absolute atomic E-state index is 0.487. The maximum absolute atomic E-state index is 11.4. The van der Waals surface area contributed by atoms with Gasteiger partial charge in [0, 0.05) is 0 Å². The van der Waals surface area contributed by atoms with E-state index in [0.29, 0.717) is 6.42 Å². The van der Waals surface area contributed by atoms with Crippen molar-refractivity contribution < 1.29 is 14.6 Å². The van der Waals surface area contributed by atoms with Crippen molar-refractivity contribution in [2.45, 2.75) is 38.5 Å². The Kier molecular flexibility index (Phi) is 9.22. The molecule has 0 aliphatic heterocycles. The van der Waals surface area contributed by atoms with Gasteiger partial charge in [0.15, 0.2) is 0 Å². The van der Waals surface area contributed by atoms with Crippen molar-refractivity contribution in [2.24, 2.45) is 0 Å². The largest absolute Gasteiger partial charge is 0.497 e. The van der Waals surface area contributed by atoms with E-state index in [1.807, 2.05) is 42.5 Å². The third-order valence-corrected chi connectivity index (χ3v) is 3.50. The average molecular weight is 314 g/mol. The number of methoxy groups -OCH3 is 1. The summed E-state index contributed by atoms with van der Waals surface area (Å²) in [6.07, 6.45) is 15.6. The zero-order valence-electron chi connectivity index (χ0n) is 13.9. The number of allylic oxidation sites excluding steroid dienone is 6. The lowest BCUT2D eigenvalue weighted by Gasteiger charge is -2.12. The quantitative estimate of drug-likeness (QED) is 0.610. The molecule has 0 fully saturated rings. The molecule has 124 valence electrons. The van der Waals surface area contributed by atoms with Crippen LogP contribution in [0.3, 0.4) is 0 Å². The SMILES string of the molecule is CCCC=CC=CC=CCCC(C(=O)O)c1ccc(OC)cc1. The maximum Gasteiger partial charge on any atom is 0.310 e. The Labute approximate surface area is 139 Å². The minimum atomic E-state index is -0.790. The van der Waals surface area contributed by atoms with E-state index in [1.54, 1.807) is 19.2 Å². The third kappa shape index (κ3) is 7.50. The monoisotopic (exact) mass is 314 g/mol. The highest BCUT2D eigenvalue weighted by Crippen LogP contribution is 2.24. The van der Waals surface area contributed by atoms with E-state index in [4.69, 9.17) is 4.74 Å². The van der Waals surface area contributed by atoms with E-state index in [2.05, 4.69) is 13.0 Å². The molecular weight excluding hydrogens is 288 g/mol. The molecule has 1 N–H and O–H groups in total. The predicted molar refractivity (Wildman–Crippen MR) is 94.9 cm³/mol. The van der Waals surface area contributed by atoms with Gasteiger partial charge in [0.2, 0.25) is 0 Å². The van der Waals surface area contributed by atoms with Crippen LogP contribution in [-0.2, 0) is 4.79 Å². The number of unbranched alkanes of at least 4 members (excludes halogenated alkanes) is 1. The second-order valence-corrected chi connectivity index (χ2v) is 5.27. The van der Waals surface area contributed by atoms with Gasteiger partial charge >= 0.3 is 5.97 Å². The van der Waals surface area contributed by atoms with Crippen LogP contribution in [0.2, 0.25) is 0 Å².